The second kappa shape index (κ2) is 15.0. The van der Waals surface area contributed by atoms with Crippen molar-refractivity contribution in [2.45, 2.75) is 76.9 Å². The van der Waals surface area contributed by atoms with E-state index in [-0.39, 0.29) is 56.1 Å². The van der Waals surface area contributed by atoms with Crippen LogP contribution in [0.1, 0.15) is 67.5 Å². The molecule has 49 heavy (non-hydrogen) atoms. The van der Waals surface area contributed by atoms with E-state index in [1.807, 2.05) is 0 Å². The Morgan fingerprint density at radius 1 is 0.939 bits per heavy atom. The molecule has 2 heterocycles. The number of anilines is 1. The molecule has 4 rings (SSSR count). The number of hydrogen-bond acceptors (Lipinski definition) is 7. The molecule has 19 heteroatoms. The summed E-state index contributed by atoms with van der Waals surface area (Å²) in [6.45, 7) is 4.09. The maximum Gasteiger partial charge on any atom is 0.416 e. The van der Waals surface area contributed by atoms with Gasteiger partial charge in [0.1, 0.15) is 0 Å². The molecule has 1 saturated heterocycles. The number of ether oxygens (including phenoxy) is 2. The number of aliphatic imine (C=N–C) groups is 1. The fraction of sp³-hybridized carbons (Fsp3) is 0.533. The highest BCUT2D eigenvalue weighted by Crippen LogP contribution is 2.44. The van der Waals surface area contributed by atoms with Crippen molar-refractivity contribution in [1.29, 1.82) is 0 Å². The fourth-order valence-electron chi connectivity index (χ4n) is 5.51. The third-order valence-electron chi connectivity index (χ3n) is 7.76. The SMILES string of the molecule is CCOCC(O)CN1NNC(=N[C@H]2C[C@@H](CC)N(C(=O)OCC)c3ccc(C(F)(F)F)cc32)N1Cc1cc(C(F)(F)F)cc(C(F)(F)F)c1. The summed E-state index contributed by atoms with van der Waals surface area (Å²) in [5, 5.41) is 12.8. The van der Waals surface area contributed by atoms with Gasteiger partial charge in [0.15, 0.2) is 0 Å². The van der Waals surface area contributed by atoms with Crippen LogP contribution in [0.4, 0.5) is 50.0 Å². The molecule has 0 aromatic heterocycles. The number of nitrogens with zero attached hydrogens (tertiary/aromatic N) is 4. The molecule has 10 nitrogen and oxygen atoms in total. The van der Waals surface area contributed by atoms with Gasteiger partial charge >= 0.3 is 24.6 Å². The standard InChI is InChI=1S/C30H35F9N6O4/c1-4-21-13-24(23-12-18(28(31,32)33)7-8-25(23)45(21)27(47)49-6-3)40-26-41-42-44(15-22(46)16-48-5-2)43(26)14-17-9-19(29(34,35)36)11-20(10-17)30(37,38)39/h7-12,21-22,24,42,46H,4-6,13-16H2,1-3H3,(H,40,41)/t21-,22?,24+/m1/s1. The number of benzene rings is 2. The lowest BCUT2D eigenvalue weighted by atomic mass is 9.89. The maximum atomic E-state index is 13.8. The summed E-state index contributed by atoms with van der Waals surface area (Å²) in [6, 6.07) is 2.14. The molecule has 272 valence electrons. The minimum atomic E-state index is -5.12. The molecule has 3 N–H and O–H groups in total. The zero-order valence-corrected chi connectivity index (χ0v) is 26.5. The Balaban J connectivity index is 1.83. The number of hydrazine groups is 3. The molecule has 1 amide bonds. The highest BCUT2D eigenvalue weighted by Gasteiger charge is 2.41. The van der Waals surface area contributed by atoms with Gasteiger partial charge in [-0.15, -0.1) is 10.7 Å². The van der Waals surface area contributed by atoms with Gasteiger partial charge in [-0.2, -0.15) is 39.5 Å². The van der Waals surface area contributed by atoms with Crippen molar-refractivity contribution in [2.24, 2.45) is 4.99 Å². The molecule has 0 saturated carbocycles. The summed E-state index contributed by atoms with van der Waals surface area (Å²) in [5.74, 6) is -0.192. The van der Waals surface area contributed by atoms with Crippen LogP contribution in [0.15, 0.2) is 41.4 Å². The van der Waals surface area contributed by atoms with Crippen LogP contribution in [-0.4, -0.2) is 65.8 Å². The first-order valence-electron chi connectivity index (χ1n) is 15.2. The second-order valence-electron chi connectivity index (χ2n) is 11.2. The highest BCUT2D eigenvalue weighted by molar-refractivity contribution is 5.90. The van der Waals surface area contributed by atoms with Gasteiger partial charge in [-0.05, 0) is 68.7 Å². The third kappa shape index (κ3) is 9.06. The summed E-state index contributed by atoms with van der Waals surface area (Å²) in [7, 11) is 0. The number of carbonyl (C=O) groups is 1. The lowest BCUT2D eigenvalue weighted by Gasteiger charge is -2.39. The van der Waals surface area contributed by atoms with E-state index in [4.69, 9.17) is 9.47 Å². The topological polar surface area (TPSA) is 102 Å². The third-order valence-corrected chi connectivity index (χ3v) is 7.76. The van der Waals surface area contributed by atoms with Crippen LogP contribution < -0.4 is 15.9 Å². The van der Waals surface area contributed by atoms with Gasteiger partial charge in [-0.25, -0.2) is 9.79 Å². The predicted octanol–water partition coefficient (Wildman–Crippen LogP) is 6.42. The molecule has 3 atom stereocenters. The molecule has 0 bridgehead atoms. The molecule has 2 aliphatic heterocycles. The maximum absolute atomic E-state index is 13.8. The monoisotopic (exact) mass is 714 g/mol. The van der Waals surface area contributed by atoms with E-state index < -0.39 is 71.6 Å². The zero-order chi connectivity index (χ0) is 36.3. The normalized spacial score (nSPS) is 20.4. The summed E-state index contributed by atoms with van der Waals surface area (Å²) in [5.41, 5.74) is 0.812. The van der Waals surface area contributed by atoms with Crippen molar-refractivity contribution >= 4 is 17.7 Å². The van der Waals surface area contributed by atoms with Crippen LogP contribution in [0, 0.1) is 0 Å². The van der Waals surface area contributed by atoms with E-state index in [0.29, 0.717) is 18.6 Å². The number of aliphatic hydroxyl groups is 1. The number of β-amino-alcohol motifs (C(OH)–C–C–N with tert-alkyl or cyclic N) is 1. The fourth-order valence-corrected chi connectivity index (χ4v) is 5.51. The molecule has 2 aromatic rings. The lowest BCUT2D eigenvalue weighted by molar-refractivity contribution is -0.143. The Hall–Kier alpha value is -3.81. The van der Waals surface area contributed by atoms with E-state index in [2.05, 4.69) is 16.0 Å². The van der Waals surface area contributed by atoms with Gasteiger partial charge in [-0.1, -0.05) is 6.92 Å². The van der Waals surface area contributed by atoms with Crippen LogP contribution in [0.25, 0.3) is 0 Å². The molecule has 2 aromatic carbocycles. The van der Waals surface area contributed by atoms with Crippen molar-refractivity contribution in [3.63, 3.8) is 0 Å². The number of guanidine groups is 1. The minimum Gasteiger partial charge on any atom is -0.449 e. The first-order valence-corrected chi connectivity index (χ1v) is 15.2. The van der Waals surface area contributed by atoms with Crippen molar-refractivity contribution in [1.82, 2.24) is 21.1 Å². The zero-order valence-electron chi connectivity index (χ0n) is 26.5. The van der Waals surface area contributed by atoms with Gasteiger partial charge in [0.25, 0.3) is 0 Å². The number of carbonyl (C=O) groups excluding carboxylic acids is 1. The van der Waals surface area contributed by atoms with Gasteiger partial charge in [0.2, 0.25) is 5.96 Å². The van der Waals surface area contributed by atoms with Crippen molar-refractivity contribution in [2.75, 3.05) is 31.3 Å². The summed E-state index contributed by atoms with van der Waals surface area (Å²) in [6.07, 6.45) is -16.7. The second-order valence-corrected chi connectivity index (χ2v) is 11.2. The Bertz CT molecular complexity index is 1470. The molecule has 0 spiro atoms. The van der Waals surface area contributed by atoms with Gasteiger partial charge in [0.05, 0.1) is 60.8 Å². The number of halogens is 9. The number of rotatable bonds is 10. The van der Waals surface area contributed by atoms with Crippen LogP contribution in [0.3, 0.4) is 0 Å². The number of fused-ring (bicyclic) bond motifs is 1. The average Bonchev–Trinajstić information content (AvgIpc) is 3.37. The first kappa shape index (κ1) is 38.0. The highest BCUT2D eigenvalue weighted by atomic mass is 19.4. The molecule has 2 aliphatic rings. The first-order chi connectivity index (χ1) is 22.9. The van der Waals surface area contributed by atoms with Crippen LogP contribution in [0.5, 0.6) is 0 Å². The molecule has 0 radical (unpaired) electrons. The largest absolute Gasteiger partial charge is 0.449 e. The number of nitrogens with one attached hydrogen (secondary N) is 2. The van der Waals surface area contributed by atoms with Gasteiger partial charge in [0, 0.05) is 18.2 Å². The smallest absolute Gasteiger partial charge is 0.416 e. The van der Waals surface area contributed by atoms with Gasteiger partial charge in [-0.3, -0.25) is 15.3 Å². The van der Waals surface area contributed by atoms with Crippen molar-refractivity contribution in [3.8, 4) is 0 Å². The average molecular weight is 715 g/mol. The number of aliphatic hydroxyl groups excluding tert-OH is 1. The van der Waals surface area contributed by atoms with E-state index in [9.17, 15) is 49.4 Å². The molecule has 1 fully saturated rings. The molecular formula is C30H35F9N6O4. The van der Waals surface area contributed by atoms with Crippen LogP contribution >= 0.6 is 0 Å². The van der Waals surface area contributed by atoms with Crippen LogP contribution in [-0.2, 0) is 34.5 Å². The molecular weight excluding hydrogens is 679 g/mol. The molecule has 0 aliphatic carbocycles. The quantitative estimate of drug-likeness (QED) is 0.243. The summed E-state index contributed by atoms with van der Waals surface area (Å²) >= 11 is 0. The predicted molar refractivity (Wildman–Crippen MR) is 157 cm³/mol. The minimum absolute atomic E-state index is 0.00537. The van der Waals surface area contributed by atoms with Crippen molar-refractivity contribution in [3.05, 3.63) is 64.2 Å². The molecule has 1 unspecified atom stereocenters. The van der Waals surface area contributed by atoms with Crippen LogP contribution in [0.2, 0.25) is 0 Å². The van der Waals surface area contributed by atoms with E-state index in [1.54, 1.807) is 20.8 Å². The Morgan fingerprint density at radius 2 is 1.57 bits per heavy atom. The summed E-state index contributed by atoms with van der Waals surface area (Å²) < 4.78 is 134. The Labute approximate surface area is 275 Å². The number of amides is 1. The Morgan fingerprint density at radius 3 is 2.12 bits per heavy atom. The van der Waals surface area contributed by atoms with Gasteiger partial charge < -0.3 is 14.6 Å². The van der Waals surface area contributed by atoms with Crippen molar-refractivity contribution < 1.29 is 58.9 Å². The Kier molecular flexibility index (Phi) is 11.6. The number of alkyl halides is 9. The van der Waals surface area contributed by atoms with E-state index in [0.717, 1.165) is 28.3 Å². The summed E-state index contributed by atoms with van der Waals surface area (Å²) in [4.78, 5) is 18.8. The lowest BCUT2D eigenvalue weighted by Crippen LogP contribution is -2.48. The van der Waals surface area contributed by atoms with E-state index in [1.165, 1.54) is 4.90 Å². The van der Waals surface area contributed by atoms with E-state index >= 15 is 0 Å². The number of hydrogen-bond donors (Lipinski definition) is 3.